The fourth-order valence-corrected chi connectivity index (χ4v) is 3.93. The zero-order chi connectivity index (χ0) is 17.6. The van der Waals surface area contributed by atoms with Gasteiger partial charge in [-0.05, 0) is 36.5 Å². The van der Waals surface area contributed by atoms with E-state index in [1.165, 1.54) is 32.1 Å². The summed E-state index contributed by atoms with van der Waals surface area (Å²) in [5.41, 5.74) is 0.946. The predicted molar refractivity (Wildman–Crippen MR) is 96.4 cm³/mol. The molecule has 1 unspecified atom stereocenters. The Bertz CT molecular complexity index is 593. The number of likely N-dealkylation sites (tertiary alicyclic amines) is 1. The largest absolute Gasteiger partial charge is 0.497 e. The first-order valence-electron chi connectivity index (χ1n) is 9.34. The number of amides is 2. The lowest BCUT2D eigenvalue weighted by Gasteiger charge is -2.27. The summed E-state index contributed by atoms with van der Waals surface area (Å²) in [4.78, 5) is 26.4. The standard InChI is InChI=1S/C20H28N2O3/c1-25-18-9-7-15(8-10-18)11-19(23)21-17-12-20(24)22(14-17)13-16-5-3-2-4-6-16/h7-10,16-17H,2-6,11-14H2,1H3,(H,21,23). The number of hydrogen-bond donors (Lipinski definition) is 1. The van der Waals surface area contributed by atoms with Crippen LogP contribution in [0.25, 0.3) is 0 Å². The van der Waals surface area contributed by atoms with Crippen LogP contribution < -0.4 is 10.1 Å². The smallest absolute Gasteiger partial charge is 0.224 e. The summed E-state index contributed by atoms with van der Waals surface area (Å²) >= 11 is 0. The molecule has 0 radical (unpaired) electrons. The van der Waals surface area contributed by atoms with Crippen molar-refractivity contribution in [2.75, 3.05) is 20.2 Å². The lowest BCUT2D eigenvalue weighted by molar-refractivity contribution is -0.128. The highest BCUT2D eigenvalue weighted by molar-refractivity contribution is 5.83. The van der Waals surface area contributed by atoms with Crippen LogP contribution in [-0.2, 0) is 16.0 Å². The van der Waals surface area contributed by atoms with E-state index in [0.717, 1.165) is 17.9 Å². The maximum absolute atomic E-state index is 12.3. The molecule has 2 amide bonds. The van der Waals surface area contributed by atoms with Gasteiger partial charge in [0.25, 0.3) is 0 Å². The number of methoxy groups -OCH3 is 1. The number of hydrogen-bond acceptors (Lipinski definition) is 3. The predicted octanol–water partition coefficient (Wildman–Crippen LogP) is 2.54. The molecule has 0 aromatic heterocycles. The molecule has 1 atom stereocenters. The first-order valence-corrected chi connectivity index (χ1v) is 9.34. The van der Waals surface area contributed by atoms with Crippen molar-refractivity contribution in [3.05, 3.63) is 29.8 Å². The van der Waals surface area contributed by atoms with Crippen LogP contribution in [0.5, 0.6) is 5.75 Å². The van der Waals surface area contributed by atoms with E-state index in [-0.39, 0.29) is 17.9 Å². The van der Waals surface area contributed by atoms with Crippen LogP contribution in [0.1, 0.15) is 44.1 Å². The van der Waals surface area contributed by atoms with Crippen LogP contribution in [0.4, 0.5) is 0 Å². The summed E-state index contributed by atoms with van der Waals surface area (Å²) in [6.07, 6.45) is 7.13. The Balaban J connectivity index is 1.46. The van der Waals surface area contributed by atoms with Gasteiger partial charge in [-0.1, -0.05) is 31.4 Å². The molecular weight excluding hydrogens is 316 g/mol. The molecular formula is C20H28N2O3. The van der Waals surface area contributed by atoms with Gasteiger partial charge >= 0.3 is 0 Å². The number of nitrogens with one attached hydrogen (secondary N) is 1. The molecule has 2 fully saturated rings. The molecule has 1 saturated carbocycles. The van der Waals surface area contributed by atoms with Gasteiger partial charge in [-0.25, -0.2) is 0 Å². The average Bonchev–Trinajstić information content (AvgIpc) is 2.95. The Hall–Kier alpha value is -2.04. The molecule has 5 heteroatoms. The lowest BCUT2D eigenvalue weighted by Crippen LogP contribution is -2.39. The van der Waals surface area contributed by atoms with Crippen LogP contribution in [0.2, 0.25) is 0 Å². The van der Waals surface area contributed by atoms with Crippen molar-refractivity contribution < 1.29 is 14.3 Å². The van der Waals surface area contributed by atoms with Gasteiger partial charge < -0.3 is 15.0 Å². The van der Waals surface area contributed by atoms with E-state index in [2.05, 4.69) is 5.32 Å². The quantitative estimate of drug-likeness (QED) is 0.863. The van der Waals surface area contributed by atoms with Crippen LogP contribution in [0, 0.1) is 5.92 Å². The highest BCUT2D eigenvalue weighted by Gasteiger charge is 2.32. The third-order valence-electron chi connectivity index (χ3n) is 5.31. The monoisotopic (exact) mass is 344 g/mol. The summed E-state index contributed by atoms with van der Waals surface area (Å²) in [7, 11) is 1.62. The van der Waals surface area contributed by atoms with Gasteiger partial charge in [0.05, 0.1) is 19.6 Å². The number of ether oxygens (including phenoxy) is 1. The van der Waals surface area contributed by atoms with Crippen LogP contribution in [0.3, 0.4) is 0 Å². The van der Waals surface area contributed by atoms with Crippen molar-refractivity contribution >= 4 is 11.8 Å². The second-order valence-corrected chi connectivity index (χ2v) is 7.30. The fourth-order valence-electron chi connectivity index (χ4n) is 3.93. The highest BCUT2D eigenvalue weighted by atomic mass is 16.5. The Morgan fingerprint density at radius 2 is 1.92 bits per heavy atom. The van der Waals surface area contributed by atoms with E-state index < -0.39 is 0 Å². The number of carbonyl (C=O) groups is 2. The Labute approximate surface area is 149 Å². The van der Waals surface area contributed by atoms with Crippen LogP contribution in [-0.4, -0.2) is 43.0 Å². The molecule has 2 aliphatic rings. The molecule has 1 aromatic carbocycles. The Morgan fingerprint density at radius 1 is 1.20 bits per heavy atom. The summed E-state index contributed by atoms with van der Waals surface area (Å²) in [5.74, 6) is 1.58. The topological polar surface area (TPSA) is 58.6 Å². The first kappa shape index (κ1) is 17.8. The molecule has 1 aliphatic carbocycles. The summed E-state index contributed by atoms with van der Waals surface area (Å²) in [6, 6.07) is 7.45. The second kappa shape index (κ2) is 8.37. The molecule has 0 bridgehead atoms. The van der Waals surface area contributed by atoms with E-state index in [1.807, 2.05) is 29.2 Å². The van der Waals surface area contributed by atoms with Gasteiger partial charge in [0, 0.05) is 19.5 Å². The Morgan fingerprint density at radius 3 is 2.60 bits per heavy atom. The van der Waals surface area contributed by atoms with E-state index in [0.29, 0.717) is 25.3 Å². The van der Waals surface area contributed by atoms with Crippen molar-refractivity contribution in [3.63, 3.8) is 0 Å². The zero-order valence-corrected chi connectivity index (χ0v) is 15.0. The number of nitrogens with zero attached hydrogens (tertiary/aromatic N) is 1. The van der Waals surface area contributed by atoms with Gasteiger partial charge in [0.15, 0.2) is 0 Å². The minimum absolute atomic E-state index is 0.0255. The average molecular weight is 344 g/mol. The van der Waals surface area contributed by atoms with Crippen molar-refractivity contribution in [1.82, 2.24) is 10.2 Å². The molecule has 0 spiro atoms. The molecule has 1 aromatic rings. The van der Waals surface area contributed by atoms with Crippen LogP contribution in [0.15, 0.2) is 24.3 Å². The minimum atomic E-state index is -0.0539. The van der Waals surface area contributed by atoms with Gasteiger partial charge in [-0.3, -0.25) is 9.59 Å². The van der Waals surface area contributed by atoms with Gasteiger partial charge in [0.2, 0.25) is 11.8 Å². The molecule has 1 heterocycles. The third kappa shape index (κ3) is 4.97. The van der Waals surface area contributed by atoms with Crippen molar-refractivity contribution in [2.45, 2.75) is 51.0 Å². The molecule has 25 heavy (non-hydrogen) atoms. The first-order chi connectivity index (χ1) is 12.1. The van der Waals surface area contributed by atoms with Crippen molar-refractivity contribution in [2.24, 2.45) is 5.92 Å². The summed E-state index contributed by atoms with van der Waals surface area (Å²) in [5, 5.41) is 3.02. The number of rotatable bonds is 6. The maximum Gasteiger partial charge on any atom is 0.224 e. The third-order valence-corrected chi connectivity index (χ3v) is 5.31. The number of benzene rings is 1. The molecule has 3 rings (SSSR count). The minimum Gasteiger partial charge on any atom is -0.497 e. The van der Waals surface area contributed by atoms with E-state index in [1.54, 1.807) is 7.11 Å². The lowest BCUT2D eigenvalue weighted by atomic mass is 9.89. The van der Waals surface area contributed by atoms with Crippen molar-refractivity contribution in [3.8, 4) is 5.75 Å². The summed E-state index contributed by atoms with van der Waals surface area (Å²) < 4.78 is 5.12. The maximum atomic E-state index is 12.3. The summed E-state index contributed by atoms with van der Waals surface area (Å²) in [6.45, 7) is 1.52. The van der Waals surface area contributed by atoms with E-state index in [4.69, 9.17) is 4.74 Å². The van der Waals surface area contributed by atoms with Crippen molar-refractivity contribution in [1.29, 1.82) is 0 Å². The van der Waals surface area contributed by atoms with E-state index in [9.17, 15) is 9.59 Å². The van der Waals surface area contributed by atoms with Gasteiger partial charge in [-0.2, -0.15) is 0 Å². The highest BCUT2D eigenvalue weighted by Crippen LogP contribution is 2.26. The molecule has 136 valence electrons. The zero-order valence-electron chi connectivity index (χ0n) is 15.0. The van der Waals surface area contributed by atoms with E-state index >= 15 is 0 Å². The number of carbonyl (C=O) groups excluding carboxylic acids is 2. The molecule has 1 saturated heterocycles. The Kier molecular flexibility index (Phi) is 5.95. The molecule has 1 N–H and O–H groups in total. The molecule has 5 nitrogen and oxygen atoms in total. The fraction of sp³-hybridized carbons (Fsp3) is 0.600. The molecule has 1 aliphatic heterocycles. The SMILES string of the molecule is COc1ccc(CC(=O)NC2CC(=O)N(CC3CCCCC3)C2)cc1. The van der Waals surface area contributed by atoms with Crippen LogP contribution >= 0.6 is 0 Å². The van der Waals surface area contributed by atoms with Gasteiger partial charge in [-0.15, -0.1) is 0 Å². The normalized spacial score (nSPS) is 21.4. The van der Waals surface area contributed by atoms with Gasteiger partial charge in [0.1, 0.15) is 5.75 Å². The second-order valence-electron chi connectivity index (χ2n) is 7.30.